The van der Waals surface area contributed by atoms with E-state index in [1.165, 1.54) is 0 Å². The number of carbonyl (C=O) groups excluding carboxylic acids is 1. The van der Waals surface area contributed by atoms with E-state index in [-0.39, 0.29) is 24.9 Å². The van der Waals surface area contributed by atoms with Crippen molar-refractivity contribution in [2.45, 2.75) is 32.3 Å². The maximum Gasteiger partial charge on any atom is 0.173 e. The van der Waals surface area contributed by atoms with E-state index in [1.54, 1.807) is 25.3 Å². The van der Waals surface area contributed by atoms with Gasteiger partial charge in [-0.25, -0.2) is 0 Å². The highest BCUT2D eigenvalue weighted by Crippen LogP contribution is 2.29. The van der Waals surface area contributed by atoms with Gasteiger partial charge in [0.15, 0.2) is 17.3 Å². The average Bonchev–Trinajstić information content (AvgIpc) is 2.98. The minimum atomic E-state index is -0.0440. The van der Waals surface area contributed by atoms with Crippen molar-refractivity contribution in [2.24, 2.45) is 5.92 Å². The molecule has 0 amide bonds. The summed E-state index contributed by atoms with van der Waals surface area (Å²) in [5.74, 6) is 1.44. The zero-order valence-electron chi connectivity index (χ0n) is 11.2. The quantitative estimate of drug-likeness (QED) is 0.856. The topological polar surface area (TPSA) is 55.8 Å². The van der Waals surface area contributed by atoms with E-state index in [0.29, 0.717) is 11.5 Å². The molecule has 0 radical (unpaired) electrons. The first-order valence-corrected chi connectivity index (χ1v) is 6.68. The molecule has 1 aromatic carbocycles. The third-order valence-electron chi connectivity index (χ3n) is 3.59. The molecule has 1 aliphatic rings. The molecule has 0 spiro atoms. The standard InChI is InChI=1S/C15H20O4/c1-18-15-8-11(9-16)6-7-14(15)19-10-13(17)12-4-2-3-5-12/h6-8,12,16H,2-5,9-10H2,1H3. The number of rotatable bonds is 6. The summed E-state index contributed by atoms with van der Waals surface area (Å²) in [6.07, 6.45) is 4.27. The van der Waals surface area contributed by atoms with E-state index in [2.05, 4.69) is 0 Å². The van der Waals surface area contributed by atoms with Crippen molar-refractivity contribution in [2.75, 3.05) is 13.7 Å². The molecule has 0 heterocycles. The van der Waals surface area contributed by atoms with E-state index in [1.807, 2.05) is 0 Å². The second-order valence-corrected chi connectivity index (χ2v) is 4.88. The van der Waals surface area contributed by atoms with Crippen molar-refractivity contribution in [1.29, 1.82) is 0 Å². The molecule has 0 unspecified atom stereocenters. The highest BCUT2D eigenvalue weighted by molar-refractivity contribution is 5.82. The fourth-order valence-corrected chi connectivity index (χ4v) is 2.44. The van der Waals surface area contributed by atoms with Gasteiger partial charge in [0, 0.05) is 5.92 Å². The van der Waals surface area contributed by atoms with Crippen molar-refractivity contribution in [3.8, 4) is 11.5 Å². The molecule has 1 saturated carbocycles. The average molecular weight is 264 g/mol. The second-order valence-electron chi connectivity index (χ2n) is 4.88. The summed E-state index contributed by atoms with van der Waals surface area (Å²) in [6, 6.07) is 5.21. The molecule has 1 aliphatic carbocycles. The van der Waals surface area contributed by atoms with Crippen molar-refractivity contribution < 1.29 is 19.4 Å². The van der Waals surface area contributed by atoms with Gasteiger partial charge in [-0.3, -0.25) is 4.79 Å². The number of methoxy groups -OCH3 is 1. The number of carbonyl (C=O) groups is 1. The Bertz CT molecular complexity index is 436. The first-order valence-electron chi connectivity index (χ1n) is 6.68. The zero-order chi connectivity index (χ0) is 13.7. The predicted octanol–water partition coefficient (Wildman–Crippen LogP) is 2.33. The third-order valence-corrected chi connectivity index (χ3v) is 3.59. The van der Waals surface area contributed by atoms with Gasteiger partial charge in [-0.15, -0.1) is 0 Å². The maximum atomic E-state index is 11.9. The van der Waals surface area contributed by atoms with Gasteiger partial charge < -0.3 is 14.6 Å². The largest absolute Gasteiger partial charge is 0.493 e. The molecular weight excluding hydrogens is 244 g/mol. The first kappa shape index (κ1) is 13.9. The predicted molar refractivity (Wildman–Crippen MR) is 71.4 cm³/mol. The fourth-order valence-electron chi connectivity index (χ4n) is 2.44. The van der Waals surface area contributed by atoms with Gasteiger partial charge in [0.25, 0.3) is 0 Å². The number of hydrogen-bond acceptors (Lipinski definition) is 4. The van der Waals surface area contributed by atoms with Crippen LogP contribution in [-0.2, 0) is 11.4 Å². The van der Waals surface area contributed by atoms with Gasteiger partial charge in [-0.2, -0.15) is 0 Å². The van der Waals surface area contributed by atoms with Crippen molar-refractivity contribution in [3.63, 3.8) is 0 Å². The lowest BCUT2D eigenvalue weighted by Gasteiger charge is -2.13. The van der Waals surface area contributed by atoms with Crippen LogP contribution in [0.25, 0.3) is 0 Å². The van der Waals surface area contributed by atoms with E-state index >= 15 is 0 Å². The second kappa shape index (κ2) is 6.57. The molecular formula is C15H20O4. The van der Waals surface area contributed by atoms with Gasteiger partial charge in [-0.05, 0) is 30.5 Å². The van der Waals surface area contributed by atoms with E-state index in [4.69, 9.17) is 14.6 Å². The Kier molecular flexibility index (Phi) is 4.80. The summed E-state index contributed by atoms with van der Waals surface area (Å²) in [5.41, 5.74) is 0.756. The van der Waals surface area contributed by atoms with Gasteiger partial charge >= 0.3 is 0 Å². The summed E-state index contributed by atoms with van der Waals surface area (Å²) in [5, 5.41) is 9.06. The van der Waals surface area contributed by atoms with Crippen LogP contribution >= 0.6 is 0 Å². The molecule has 0 bridgehead atoms. The lowest BCUT2D eigenvalue weighted by Crippen LogP contribution is -2.19. The Balaban J connectivity index is 1.96. The summed E-state index contributed by atoms with van der Waals surface area (Å²) in [7, 11) is 1.54. The number of aliphatic hydroxyl groups excluding tert-OH is 1. The molecule has 1 aromatic rings. The Morgan fingerprint density at radius 3 is 2.68 bits per heavy atom. The minimum Gasteiger partial charge on any atom is -0.493 e. The smallest absolute Gasteiger partial charge is 0.173 e. The van der Waals surface area contributed by atoms with Crippen LogP contribution in [0, 0.1) is 5.92 Å². The minimum absolute atomic E-state index is 0.0440. The van der Waals surface area contributed by atoms with Crippen molar-refractivity contribution in [1.82, 2.24) is 0 Å². The Labute approximate surface area is 113 Å². The van der Waals surface area contributed by atoms with Crippen LogP contribution in [0.3, 0.4) is 0 Å². The monoisotopic (exact) mass is 264 g/mol. The summed E-state index contributed by atoms with van der Waals surface area (Å²) in [6.45, 7) is 0.0527. The van der Waals surface area contributed by atoms with Crippen LogP contribution in [0.5, 0.6) is 11.5 Å². The summed E-state index contributed by atoms with van der Waals surface area (Å²) in [4.78, 5) is 11.9. The molecule has 104 valence electrons. The molecule has 0 aromatic heterocycles. The molecule has 1 N–H and O–H groups in total. The van der Waals surface area contributed by atoms with Gasteiger partial charge in [0.05, 0.1) is 13.7 Å². The lowest BCUT2D eigenvalue weighted by molar-refractivity contribution is -0.124. The van der Waals surface area contributed by atoms with Gasteiger partial charge in [0.2, 0.25) is 0 Å². The zero-order valence-corrected chi connectivity index (χ0v) is 11.2. The molecule has 0 aliphatic heterocycles. The van der Waals surface area contributed by atoms with Crippen LogP contribution < -0.4 is 9.47 Å². The molecule has 4 nitrogen and oxygen atoms in total. The summed E-state index contributed by atoms with van der Waals surface area (Å²) < 4.78 is 10.7. The van der Waals surface area contributed by atoms with Crippen molar-refractivity contribution in [3.05, 3.63) is 23.8 Å². The molecule has 4 heteroatoms. The maximum absolute atomic E-state index is 11.9. The normalized spacial score (nSPS) is 15.5. The lowest BCUT2D eigenvalue weighted by atomic mass is 10.0. The molecule has 19 heavy (non-hydrogen) atoms. The molecule has 2 rings (SSSR count). The Morgan fingerprint density at radius 2 is 2.05 bits per heavy atom. The van der Waals surface area contributed by atoms with Gasteiger partial charge in [0.1, 0.15) is 6.61 Å². The van der Waals surface area contributed by atoms with Crippen molar-refractivity contribution >= 4 is 5.78 Å². The Morgan fingerprint density at radius 1 is 1.32 bits per heavy atom. The number of aliphatic hydroxyl groups is 1. The van der Waals surface area contributed by atoms with E-state index in [9.17, 15) is 4.79 Å². The van der Waals surface area contributed by atoms with Crippen LogP contribution in [0.1, 0.15) is 31.2 Å². The third kappa shape index (κ3) is 3.47. The number of ether oxygens (including phenoxy) is 2. The molecule has 1 fully saturated rings. The fraction of sp³-hybridized carbons (Fsp3) is 0.533. The molecule has 0 saturated heterocycles. The number of Topliss-reactive ketones (excluding diaryl/α,β-unsaturated/α-hetero) is 1. The van der Waals surface area contributed by atoms with Crippen LogP contribution in [0.15, 0.2) is 18.2 Å². The van der Waals surface area contributed by atoms with Crippen LogP contribution in [-0.4, -0.2) is 24.6 Å². The summed E-state index contributed by atoms with van der Waals surface area (Å²) >= 11 is 0. The van der Waals surface area contributed by atoms with E-state index < -0.39 is 0 Å². The number of ketones is 1. The SMILES string of the molecule is COc1cc(CO)ccc1OCC(=O)C1CCCC1. The van der Waals surface area contributed by atoms with Crippen LogP contribution in [0.4, 0.5) is 0 Å². The highest BCUT2D eigenvalue weighted by atomic mass is 16.5. The number of hydrogen-bond donors (Lipinski definition) is 1. The first-order chi connectivity index (χ1) is 9.24. The Hall–Kier alpha value is -1.55. The van der Waals surface area contributed by atoms with Crippen LogP contribution in [0.2, 0.25) is 0 Å². The van der Waals surface area contributed by atoms with E-state index in [0.717, 1.165) is 31.2 Å². The van der Waals surface area contributed by atoms with Gasteiger partial charge in [-0.1, -0.05) is 18.9 Å². The highest BCUT2D eigenvalue weighted by Gasteiger charge is 2.23. The number of benzene rings is 1. The molecule has 0 atom stereocenters.